The molecule has 18 heavy (non-hydrogen) atoms. The van der Waals surface area contributed by atoms with Gasteiger partial charge in [0.25, 0.3) is 0 Å². The molecule has 0 aliphatic heterocycles. The van der Waals surface area contributed by atoms with Crippen LogP contribution in [0, 0.1) is 5.92 Å². The van der Waals surface area contributed by atoms with E-state index in [9.17, 15) is 0 Å². The van der Waals surface area contributed by atoms with E-state index in [1.54, 1.807) is 0 Å². The first-order valence-electron chi connectivity index (χ1n) is 7.24. The molecule has 1 saturated carbocycles. The van der Waals surface area contributed by atoms with E-state index in [4.69, 9.17) is 11.6 Å². The summed E-state index contributed by atoms with van der Waals surface area (Å²) in [5.41, 5.74) is 1.32. The third-order valence-electron chi connectivity index (χ3n) is 4.10. The first-order valence-corrected chi connectivity index (χ1v) is 7.62. The highest BCUT2D eigenvalue weighted by molar-refractivity contribution is 6.30. The highest BCUT2D eigenvalue weighted by atomic mass is 35.5. The quantitative estimate of drug-likeness (QED) is 0.793. The Labute approximate surface area is 116 Å². The number of benzene rings is 1. The van der Waals surface area contributed by atoms with Crippen molar-refractivity contribution in [3.05, 3.63) is 34.9 Å². The van der Waals surface area contributed by atoms with Crippen molar-refractivity contribution in [1.82, 2.24) is 5.32 Å². The van der Waals surface area contributed by atoms with Crippen LogP contribution in [0.3, 0.4) is 0 Å². The minimum absolute atomic E-state index is 0.422. The van der Waals surface area contributed by atoms with Crippen molar-refractivity contribution in [2.45, 2.75) is 51.5 Å². The minimum atomic E-state index is 0.422. The van der Waals surface area contributed by atoms with E-state index in [0.717, 1.165) is 17.5 Å². The van der Waals surface area contributed by atoms with Crippen molar-refractivity contribution in [3.63, 3.8) is 0 Å². The zero-order valence-corrected chi connectivity index (χ0v) is 12.0. The molecule has 0 bridgehead atoms. The second-order valence-corrected chi connectivity index (χ2v) is 5.96. The Hall–Kier alpha value is -0.530. The molecule has 1 N–H and O–H groups in total. The predicted molar refractivity (Wildman–Crippen MR) is 79.1 cm³/mol. The van der Waals surface area contributed by atoms with Crippen LogP contribution in [0.4, 0.5) is 0 Å². The first kappa shape index (κ1) is 13.9. The molecule has 0 heterocycles. The standard InChI is InChI=1S/C16H24ClN/c1-13(15-7-9-16(17)10-8-15)18-12-11-14-5-3-2-4-6-14/h7-10,13-14,18H,2-6,11-12H2,1H3/t13-/m0/s1. The lowest BCUT2D eigenvalue weighted by Crippen LogP contribution is -2.22. The Balaban J connectivity index is 1.70. The molecule has 1 aliphatic carbocycles. The second kappa shape index (κ2) is 7.16. The van der Waals surface area contributed by atoms with Crippen molar-refractivity contribution in [2.24, 2.45) is 5.92 Å². The van der Waals surface area contributed by atoms with Gasteiger partial charge >= 0.3 is 0 Å². The van der Waals surface area contributed by atoms with E-state index in [-0.39, 0.29) is 0 Å². The maximum atomic E-state index is 5.90. The van der Waals surface area contributed by atoms with Gasteiger partial charge in [-0.3, -0.25) is 0 Å². The summed E-state index contributed by atoms with van der Waals surface area (Å²) in [7, 11) is 0. The summed E-state index contributed by atoms with van der Waals surface area (Å²) in [5.74, 6) is 0.962. The number of rotatable bonds is 5. The van der Waals surface area contributed by atoms with Gasteiger partial charge in [-0.2, -0.15) is 0 Å². The summed E-state index contributed by atoms with van der Waals surface area (Å²) in [4.78, 5) is 0. The van der Waals surface area contributed by atoms with Gasteiger partial charge in [0.05, 0.1) is 0 Å². The Kier molecular flexibility index (Phi) is 5.52. The molecule has 1 atom stereocenters. The van der Waals surface area contributed by atoms with E-state index in [1.807, 2.05) is 12.1 Å². The van der Waals surface area contributed by atoms with Gasteiger partial charge in [-0.05, 0) is 43.5 Å². The molecule has 0 unspecified atom stereocenters. The summed E-state index contributed by atoms with van der Waals surface area (Å²) in [6.45, 7) is 3.36. The van der Waals surface area contributed by atoms with Gasteiger partial charge < -0.3 is 5.32 Å². The Bertz CT molecular complexity index is 341. The molecule has 0 saturated heterocycles. The molecule has 0 spiro atoms. The normalized spacial score (nSPS) is 18.8. The van der Waals surface area contributed by atoms with E-state index in [0.29, 0.717) is 6.04 Å². The molecule has 1 fully saturated rings. The van der Waals surface area contributed by atoms with Crippen molar-refractivity contribution in [2.75, 3.05) is 6.54 Å². The first-order chi connectivity index (χ1) is 8.75. The molecule has 0 amide bonds. The predicted octanol–water partition coefficient (Wildman–Crippen LogP) is 4.96. The van der Waals surface area contributed by atoms with Crippen LogP contribution < -0.4 is 5.32 Å². The molecule has 1 aliphatic rings. The van der Waals surface area contributed by atoms with Gasteiger partial charge in [0.2, 0.25) is 0 Å². The van der Waals surface area contributed by atoms with Crippen LogP contribution in [0.5, 0.6) is 0 Å². The second-order valence-electron chi connectivity index (χ2n) is 5.52. The zero-order chi connectivity index (χ0) is 12.8. The van der Waals surface area contributed by atoms with Crippen LogP contribution in [0.25, 0.3) is 0 Å². The average molecular weight is 266 g/mol. The average Bonchev–Trinajstić information content (AvgIpc) is 2.40. The smallest absolute Gasteiger partial charge is 0.0406 e. The van der Waals surface area contributed by atoms with Gasteiger partial charge in [-0.15, -0.1) is 0 Å². The third kappa shape index (κ3) is 4.29. The molecule has 0 radical (unpaired) electrons. The SMILES string of the molecule is C[C@H](NCCC1CCCCC1)c1ccc(Cl)cc1. The maximum Gasteiger partial charge on any atom is 0.0406 e. The lowest BCUT2D eigenvalue weighted by molar-refractivity contribution is 0.329. The van der Waals surface area contributed by atoms with E-state index in [1.165, 1.54) is 44.1 Å². The molecule has 2 rings (SSSR count). The fourth-order valence-corrected chi connectivity index (χ4v) is 2.98. The van der Waals surface area contributed by atoms with Gasteiger partial charge in [0.1, 0.15) is 0 Å². The summed E-state index contributed by atoms with van der Waals surface area (Å²) in [6.07, 6.45) is 8.55. The molecular weight excluding hydrogens is 242 g/mol. The maximum absolute atomic E-state index is 5.90. The fraction of sp³-hybridized carbons (Fsp3) is 0.625. The van der Waals surface area contributed by atoms with Crippen LogP contribution in [-0.2, 0) is 0 Å². The van der Waals surface area contributed by atoms with Gasteiger partial charge in [0, 0.05) is 11.1 Å². The third-order valence-corrected chi connectivity index (χ3v) is 4.35. The van der Waals surface area contributed by atoms with Crippen LogP contribution in [-0.4, -0.2) is 6.54 Å². The van der Waals surface area contributed by atoms with E-state index >= 15 is 0 Å². The number of nitrogens with one attached hydrogen (secondary N) is 1. The van der Waals surface area contributed by atoms with Crippen molar-refractivity contribution < 1.29 is 0 Å². The Morgan fingerprint density at radius 2 is 1.83 bits per heavy atom. The monoisotopic (exact) mass is 265 g/mol. The number of hydrogen-bond acceptors (Lipinski definition) is 1. The lowest BCUT2D eigenvalue weighted by atomic mass is 9.87. The number of hydrogen-bond donors (Lipinski definition) is 1. The molecule has 2 heteroatoms. The van der Waals surface area contributed by atoms with E-state index < -0.39 is 0 Å². The van der Waals surface area contributed by atoms with E-state index in [2.05, 4.69) is 24.4 Å². The molecule has 1 aromatic carbocycles. The fourth-order valence-electron chi connectivity index (χ4n) is 2.85. The van der Waals surface area contributed by atoms with Crippen LogP contribution in [0.2, 0.25) is 5.02 Å². The van der Waals surface area contributed by atoms with Crippen LogP contribution >= 0.6 is 11.6 Å². The minimum Gasteiger partial charge on any atom is -0.310 e. The molecule has 1 aromatic rings. The summed E-state index contributed by atoms with van der Waals surface area (Å²) >= 11 is 5.90. The number of halogens is 1. The highest BCUT2D eigenvalue weighted by Crippen LogP contribution is 2.26. The van der Waals surface area contributed by atoms with Gasteiger partial charge in [-0.1, -0.05) is 55.8 Å². The van der Waals surface area contributed by atoms with Crippen molar-refractivity contribution >= 4 is 11.6 Å². The lowest BCUT2D eigenvalue weighted by Gasteiger charge is -2.22. The summed E-state index contributed by atoms with van der Waals surface area (Å²) in [6, 6.07) is 8.58. The molecule has 100 valence electrons. The highest BCUT2D eigenvalue weighted by Gasteiger charge is 2.13. The van der Waals surface area contributed by atoms with Crippen LogP contribution in [0.1, 0.15) is 57.1 Å². The molecular formula is C16H24ClN. The largest absolute Gasteiger partial charge is 0.310 e. The summed E-state index contributed by atoms with van der Waals surface area (Å²) in [5, 5.41) is 4.44. The zero-order valence-electron chi connectivity index (χ0n) is 11.3. The van der Waals surface area contributed by atoms with Gasteiger partial charge in [-0.25, -0.2) is 0 Å². The van der Waals surface area contributed by atoms with Gasteiger partial charge in [0.15, 0.2) is 0 Å². The Morgan fingerprint density at radius 1 is 1.17 bits per heavy atom. The van der Waals surface area contributed by atoms with Crippen LogP contribution in [0.15, 0.2) is 24.3 Å². The summed E-state index contributed by atoms with van der Waals surface area (Å²) < 4.78 is 0. The van der Waals surface area contributed by atoms with Crippen molar-refractivity contribution in [3.8, 4) is 0 Å². The molecule has 0 aromatic heterocycles. The van der Waals surface area contributed by atoms with Crippen molar-refractivity contribution in [1.29, 1.82) is 0 Å². The topological polar surface area (TPSA) is 12.0 Å². The molecule has 1 nitrogen and oxygen atoms in total. The Morgan fingerprint density at radius 3 is 2.50 bits per heavy atom.